The van der Waals surface area contributed by atoms with Gasteiger partial charge < -0.3 is 19.3 Å². The zero-order chi connectivity index (χ0) is 14.0. The summed E-state index contributed by atoms with van der Waals surface area (Å²) in [5.41, 5.74) is 0.806. The first-order valence-electron chi connectivity index (χ1n) is 6.28. The number of hydrogen-bond donors (Lipinski definition) is 1. The number of halogens is 1. The zero-order valence-electron chi connectivity index (χ0n) is 11.4. The Bertz CT molecular complexity index is 449. The molecule has 0 bridgehead atoms. The largest absolute Gasteiger partial charge is 0.493 e. The third-order valence-corrected chi connectivity index (χ3v) is 4.18. The summed E-state index contributed by atoms with van der Waals surface area (Å²) in [6, 6.07) is 3.63. The third kappa shape index (κ3) is 3.04. The highest BCUT2D eigenvalue weighted by atomic mass is 79.9. The zero-order valence-corrected chi connectivity index (χ0v) is 12.9. The van der Waals surface area contributed by atoms with Gasteiger partial charge in [0.05, 0.1) is 33.0 Å². The lowest BCUT2D eigenvalue weighted by atomic mass is 9.93. The van der Waals surface area contributed by atoms with Crippen molar-refractivity contribution in [1.82, 2.24) is 0 Å². The maximum Gasteiger partial charge on any atom is 0.161 e. The van der Waals surface area contributed by atoms with E-state index in [2.05, 4.69) is 15.9 Å². The molecule has 0 radical (unpaired) electrons. The average molecular weight is 331 g/mol. The van der Waals surface area contributed by atoms with E-state index in [1.54, 1.807) is 14.2 Å². The normalized spacial score (nSPS) is 24.3. The van der Waals surface area contributed by atoms with Crippen molar-refractivity contribution in [3.05, 3.63) is 22.2 Å². The van der Waals surface area contributed by atoms with Crippen LogP contribution in [0.4, 0.5) is 0 Å². The number of aliphatic hydroxyl groups is 1. The lowest BCUT2D eigenvalue weighted by molar-refractivity contribution is 0.0798. The second-order valence-electron chi connectivity index (χ2n) is 4.81. The number of aliphatic hydroxyl groups excluding tert-OH is 1. The first kappa shape index (κ1) is 14.6. The summed E-state index contributed by atoms with van der Waals surface area (Å²) in [5.74, 6) is 1.37. The third-order valence-electron chi connectivity index (χ3n) is 3.50. The molecule has 19 heavy (non-hydrogen) atoms. The highest BCUT2D eigenvalue weighted by Gasteiger charge is 2.31. The minimum Gasteiger partial charge on any atom is -0.493 e. The van der Waals surface area contributed by atoms with Gasteiger partial charge in [0.1, 0.15) is 0 Å². The van der Waals surface area contributed by atoms with Gasteiger partial charge in [0, 0.05) is 10.4 Å². The van der Waals surface area contributed by atoms with Crippen LogP contribution in [0.15, 0.2) is 16.6 Å². The molecule has 4 nitrogen and oxygen atoms in total. The van der Waals surface area contributed by atoms with E-state index in [1.165, 1.54) is 0 Å². The molecule has 0 saturated carbocycles. The molecule has 0 amide bonds. The van der Waals surface area contributed by atoms with Gasteiger partial charge in [-0.25, -0.2) is 0 Å². The van der Waals surface area contributed by atoms with E-state index in [0.717, 1.165) is 16.5 Å². The second-order valence-corrected chi connectivity index (χ2v) is 5.67. The molecule has 1 fully saturated rings. The Hall–Kier alpha value is -0.780. The Morgan fingerprint density at radius 3 is 2.47 bits per heavy atom. The summed E-state index contributed by atoms with van der Waals surface area (Å²) in [6.07, 6.45) is 0.500. The molecule has 1 saturated heterocycles. The molecule has 0 aliphatic carbocycles. The van der Waals surface area contributed by atoms with Crippen LogP contribution in [-0.4, -0.2) is 32.0 Å². The van der Waals surface area contributed by atoms with E-state index in [0.29, 0.717) is 18.1 Å². The van der Waals surface area contributed by atoms with Crippen molar-refractivity contribution >= 4 is 15.9 Å². The fraction of sp³-hybridized carbons (Fsp3) is 0.571. The highest BCUT2D eigenvalue weighted by molar-refractivity contribution is 9.10. The van der Waals surface area contributed by atoms with Crippen LogP contribution in [0.3, 0.4) is 0 Å². The molecule has 106 valence electrons. The smallest absolute Gasteiger partial charge is 0.161 e. The van der Waals surface area contributed by atoms with Gasteiger partial charge in [-0.1, -0.05) is 15.9 Å². The summed E-state index contributed by atoms with van der Waals surface area (Å²) in [5, 5.41) is 10.5. The van der Waals surface area contributed by atoms with Crippen LogP contribution in [0.5, 0.6) is 11.5 Å². The molecule has 1 aliphatic heterocycles. The Morgan fingerprint density at radius 2 is 1.95 bits per heavy atom. The quantitative estimate of drug-likeness (QED) is 0.922. The van der Waals surface area contributed by atoms with Gasteiger partial charge in [-0.15, -0.1) is 0 Å². The van der Waals surface area contributed by atoms with Gasteiger partial charge in [0.15, 0.2) is 11.5 Å². The van der Waals surface area contributed by atoms with Crippen LogP contribution in [0.2, 0.25) is 0 Å². The summed E-state index contributed by atoms with van der Waals surface area (Å²) in [6.45, 7) is 2.61. The van der Waals surface area contributed by atoms with Gasteiger partial charge in [-0.2, -0.15) is 0 Å². The Balaban J connectivity index is 2.28. The maximum absolute atomic E-state index is 10.5. The van der Waals surface area contributed by atoms with E-state index >= 15 is 0 Å². The van der Waals surface area contributed by atoms with Crippen molar-refractivity contribution in [1.29, 1.82) is 0 Å². The fourth-order valence-electron chi connectivity index (χ4n) is 2.42. The van der Waals surface area contributed by atoms with E-state index < -0.39 is 6.10 Å². The Morgan fingerprint density at radius 1 is 1.32 bits per heavy atom. The van der Waals surface area contributed by atoms with Crippen LogP contribution in [0, 0.1) is 5.92 Å². The van der Waals surface area contributed by atoms with Crippen LogP contribution in [-0.2, 0) is 4.74 Å². The summed E-state index contributed by atoms with van der Waals surface area (Å²) >= 11 is 3.48. The molecule has 1 N–H and O–H groups in total. The topological polar surface area (TPSA) is 47.9 Å². The molecule has 1 heterocycles. The molecule has 3 unspecified atom stereocenters. The minimum atomic E-state index is -0.570. The van der Waals surface area contributed by atoms with Crippen molar-refractivity contribution in [3.63, 3.8) is 0 Å². The lowest BCUT2D eigenvalue weighted by Crippen LogP contribution is -2.13. The summed E-state index contributed by atoms with van der Waals surface area (Å²) < 4.78 is 16.8. The highest BCUT2D eigenvalue weighted by Crippen LogP contribution is 2.40. The Labute approximate surface area is 121 Å². The van der Waals surface area contributed by atoms with Gasteiger partial charge in [-0.3, -0.25) is 0 Å². The van der Waals surface area contributed by atoms with Gasteiger partial charge in [0.2, 0.25) is 0 Å². The molecule has 0 aromatic heterocycles. The van der Waals surface area contributed by atoms with Crippen LogP contribution >= 0.6 is 15.9 Å². The van der Waals surface area contributed by atoms with Gasteiger partial charge in [-0.05, 0) is 31.0 Å². The molecule has 2 rings (SSSR count). The van der Waals surface area contributed by atoms with Crippen LogP contribution < -0.4 is 9.47 Å². The summed E-state index contributed by atoms with van der Waals surface area (Å²) in [4.78, 5) is 0. The van der Waals surface area contributed by atoms with E-state index in [1.807, 2.05) is 19.1 Å². The standard InChI is InChI=1S/C14H19BrO4/c1-8-4-9(7-19-8)14(16)10-5-12(17-2)13(18-3)6-11(10)15/h5-6,8-9,14,16H,4,7H2,1-3H3. The lowest BCUT2D eigenvalue weighted by Gasteiger charge is -2.20. The SMILES string of the molecule is COc1cc(Br)c(C(O)C2COC(C)C2)cc1OC. The predicted molar refractivity (Wildman–Crippen MR) is 75.7 cm³/mol. The van der Waals surface area contributed by atoms with Crippen molar-refractivity contribution < 1.29 is 19.3 Å². The second kappa shape index (κ2) is 6.11. The molecule has 1 aromatic carbocycles. The van der Waals surface area contributed by atoms with Crippen molar-refractivity contribution in [3.8, 4) is 11.5 Å². The van der Waals surface area contributed by atoms with E-state index in [-0.39, 0.29) is 12.0 Å². The van der Waals surface area contributed by atoms with Gasteiger partial charge in [0.25, 0.3) is 0 Å². The number of methoxy groups -OCH3 is 2. The summed E-state index contributed by atoms with van der Waals surface area (Å²) in [7, 11) is 3.18. The van der Waals surface area contributed by atoms with Crippen LogP contribution in [0.1, 0.15) is 25.0 Å². The molecule has 5 heteroatoms. The number of rotatable bonds is 4. The molecule has 1 aromatic rings. The molecule has 0 spiro atoms. The van der Waals surface area contributed by atoms with Crippen molar-refractivity contribution in [2.75, 3.05) is 20.8 Å². The fourth-order valence-corrected chi connectivity index (χ4v) is 2.98. The molecular weight excluding hydrogens is 312 g/mol. The van der Waals surface area contributed by atoms with E-state index in [4.69, 9.17) is 14.2 Å². The minimum absolute atomic E-state index is 0.115. The van der Waals surface area contributed by atoms with E-state index in [9.17, 15) is 5.11 Å². The van der Waals surface area contributed by atoms with Gasteiger partial charge >= 0.3 is 0 Å². The number of hydrogen-bond acceptors (Lipinski definition) is 4. The van der Waals surface area contributed by atoms with Crippen LogP contribution in [0.25, 0.3) is 0 Å². The molecular formula is C14H19BrO4. The number of ether oxygens (including phenoxy) is 3. The number of benzene rings is 1. The monoisotopic (exact) mass is 330 g/mol. The molecule has 3 atom stereocenters. The molecule has 1 aliphatic rings. The first-order chi connectivity index (χ1) is 9.06. The average Bonchev–Trinajstić information content (AvgIpc) is 2.84. The Kier molecular flexibility index (Phi) is 4.71. The predicted octanol–water partition coefficient (Wildman–Crippen LogP) is 2.92. The maximum atomic E-state index is 10.5. The van der Waals surface area contributed by atoms with Crippen molar-refractivity contribution in [2.24, 2.45) is 5.92 Å². The van der Waals surface area contributed by atoms with Crippen molar-refractivity contribution in [2.45, 2.75) is 25.6 Å². The first-order valence-corrected chi connectivity index (χ1v) is 7.07.